The number of benzene rings is 1. The van der Waals surface area contributed by atoms with Crippen molar-refractivity contribution in [1.82, 2.24) is 15.3 Å². The first kappa shape index (κ1) is 20.3. The minimum Gasteiger partial charge on any atom is -0.455 e. The molecule has 8 heteroatoms. The Morgan fingerprint density at radius 1 is 1.21 bits per heavy atom. The van der Waals surface area contributed by atoms with Crippen molar-refractivity contribution < 1.29 is 14.3 Å². The first-order valence-electron chi connectivity index (χ1n) is 8.93. The van der Waals surface area contributed by atoms with Gasteiger partial charge in [-0.25, -0.2) is 9.97 Å². The van der Waals surface area contributed by atoms with E-state index < -0.39 is 5.97 Å². The molecule has 146 valence electrons. The number of hydrogen-bond acceptors (Lipinski definition) is 7. The highest BCUT2D eigenvalue weighted by molar-refractivity contribution is 8.00. The molecule has 0 aliphatic heterocycles. The summed E-state index contributed by atoms with van der Waals surface area (Å²) < 4.78 is 5.03. The van der Waals surface area contributed by atoms with E-state index in [1.165, 1.54) is 23.7 Å². The number of amides is 1. The van der Waals surface area contributed by atoms with Gasteiger partial charge >= 0.3 is 5.97 Å². The van der Waals surface area contributed by atoms with Crippen LogP contribution in [0.3, 0.4) is 0 Å². The Morgan fingerprint density at radius 3 is 2.75 bits per heavy atom. The van der Waals surface area contributed by atoms with E-state index in [0.717, 1.165) is 32.8 Å². The van der Waals surface area contributed by atoms with Gasteiger partial charge in [0.15, 0.2) is 6.61 Å². The third-order valence-electron chi connectivity index (χ3n) is 3.96. The zero-order valence-corrected chi connectivity index (χ0v) is 17.4. The normalized spacial score (nSPS) is 10.8. The van der Waals surface area contributed by atoms with E-state index in [9.17, 15) is 9.59 Å². The zero-order valence-electron chi connectivity index (χ0n) is 15.7. The maximum atomic E-state index is 12.0. The number of hydrogen-bond donors (Lipinski definition) is 1. The van der Waals surface area contributed by atoms with Crippen LogP contribution < -0.4 is 5.32 Å². The fraction of sp³-hybridized carbons (Fsp3) is 0.300. The summed E-state index contributed by atoms with van der Waals surface area (Å²) in [6, 6.07) is 8.27. The predicted molar refractivity (Wildman–Crippen MR) is 113 cm³/mol. The van der Waals surface area contributed by atoms with Crippen molar-refractivity contribution in [3.8, 4) is 11.1 Å². The highest BCUT2D eigenvalue weighted by Gasteiger charge is 2.15. The number of carbonyl (C=O) groups is 2. The van der Waals surface area contributed by atoms with Crippen LogP contribution in [-0.2, 0) is 14.3 Å². The molecule has 0 aliphatic carbocycles. The molecule has 0 spiro atoms. The van der Waals surface area contributed by atoms with Crippen LogP contribution in [0.15, 0.2) is 41.0 Å². The first-order valence-corrected chi connectivity index (χ1v) is 10.8. The molecule has 2 heterocycles. The molecule has 2 aromatic heterocycles. The van der Waals surface area contributed by atoms with E-state index in [2.05, 4.69) is 44.9 Å². The average molecular weight is 416 g/mol. The molecule has 0 aliphatic rings. The van der Waals surface area contributed by atoms with Crippen molar-refractivity contribution in [2.24, 2.45) is 0 Å². The standard InChI is InChI=1S/C20H21N3O3S2/c1-3-8-21-16(24)9-26-17(25)11-28-20-18-15(10-27-19(18)22-12-23-20)14-6-4-13(2)5-7-14/h4-7,10,12H,3,8-9,11H2,1-2H3,(H,21,24). The van der Waals surface area contributed by atoms with Gasteiger partial charge in [0.2, 0.25) is 0 Å². The monoisotopic (exact) mass is 415 g/mol. The summed E-state index contributed by atoms with van der Waals surface area (Å²) in [5, 5.41) is 6.40. The van der Waals surface area contributed by atoms with E-state index in [1.54, 1.807) is 11.3 Å². The molecular formula is C20H21N3O3S2. The second-order valence-electron chi connectivity index (χ2n) is 6.17. The van der Waals surface area contributed by atoms with E-state index in [-0.39, 0.29) is 18.3 Å². The summed E-state index contributed by atoms with van der Waals surface area (Å²) in [7, 11) is 0. The predicted octanol–water partition coefficient (Wildman–Crippen LogP) is 3.83. The summed E-state index contributed by atoms with van der Waals surface area (Å²) in [5.74, 6) is -0.657. The Kier molecular flexibility index (Phi) is 7.00. The Labute approximate surface area is 171 Å². The number of nitrogens with one attached hydrogen (secondary N) is 1. The molecule has 0 unspecified atom stereocenters. The van der Waals surface area contributed by atoms with Crippen molar-refractivity contribution >= 4 is 45.2 Å². The van der Waals surface area contributed by atoms with Crippen molar-refractivity contribution in [2.75, 3.05) is 18.9 Å². The van der Waals surface area contributed by atoms with Gasteiger partial charge in [0.1, 0.15) is 16.2 Å². The van der Waals surface area contributed by atoms with Gasteiger partial charge in [-0.05, 0) is 18.9 Å². The molecule has 3 aromatic rings. The molecule has 0 saturated heterocycles. The molecular weight excluding hydrogens is 394 g/mol. The molecule has 0 bridgehead atoms. The van der Waals surface area contributed by atoms with E-state index in [4.69, 9.17) is 4.74 Å². The number of aryl methyl sites for hydroxylation is 1. The number of carbonyl (C=O) groups excluding carboxylic acids is 2. The van der Waals surface area contributed by atoms with Gasteiger partial charge in [-0.1, -0.05) is 48.5 Å². The van der Waals surface area contributed by atoms with E-state index in [0.29, 0.717) is 6.54 Å². The maximum Gasteiger partial charge on any atom is 0.316 e. The second-order valence-corrected chi connectivity index (χ2v) is 8.00. The third-order valence-corrected chi connectivity index (χ3v) is 5.81. The zero-order chi connectivity index (χ0) is 19.9. The van der Waals surface area contributed by atoms with Gasteiger partial charge in [-0.15, -0.1) is 11.3 Å². The van der Waals surface area contributed by atoms with Crippen LogP contribution in [0.4, 0.5) is 0 Å². The van der Waals surface area contributed by atoms with Gasteiger partial charge in [0, 0.05) is 17.5 Å². The van der Waals surface area contributed by atoms with E-state index in [1.807, 2.05) is 13.8 Å². The molecule has 28 heavy (non-hydrogen) atoms. The molecule has 1 amide bonds. The number of rotatable bonds is 8. The average Bonchev–Trinajstić information content (AvgIpc) is 3.14. The summed E-state index contributed by atoms with van der Waals surface area (Å²) in [4.78, 5) is 33.1. The van der Waals surface area contributed by atoms with Crippen LogP contribution in [0.2, 0.25) is 0 Å². The van der Waals surface area contributed by atoms with Crippen LogP contribution in [0, 0.1) is 6.92 Å². The number of nitrogens with zero attached hydrogens (tertiary/aromatic N) is 2. The van der Waals surface area contributed by atoms with Gasteiger partial charge in [-0.3, -0.25) is 9.59 Å². The lowest BCUT2D eigenvalue weighted by atomic mass is 10.1. The van der Waals surface area contributed by atoms with Crippen molar-refractivity contribution in [3.05, 3.63) is 41.5 Å². The summed E-state index contributed by atoms with van der Waals surface area (Å²) in [6.07, 6.45) is 2.34. The fourth-order valence-corrected chi connectivity index (χ4v) is 4.32. The lowest BCUT2D eigenvalue weighted by Gasteiger charge is -2.07. The Morgan fingerprint density at radius 2 is 2.00 bits per heavy atom. The van der Waals surface area contributed by atoms with Gasteiger partial charge in [0.25, 0.3) is 5.91 Å². The van der Waals surface area contributed by atoms with Crippen LogP contribution in [0.1, 0.15) is 18.9 Å². The molecule has 3 rings (SSSR count). The molecule has 0 saturated carbocycles. The highest BCUT2D eigenvalue weighted by atomic mass is 32.2. The Balaban J connectivity index is 1.70. The smallest absolute Gasteiger partial charge is 0.316 e. The maximum absolute atomic E-state index is 12.0. The second kappa shape index (κ2) is 9.66. The number of ether oxygens (including phenoxy) is 1. The molecule has 0 fully saturated rings. The van der Waals surface area contributed by atoms with Crippen molar-refractivity contribution in [3.63, 3.8) is 0 Å². The number of fused-ring (bicyclic) bond motifs is 1. The molecule has 0 radical (unpaired) electrons. The van der Waals surface area contributed by atoms with Crippen LogP contribution in [-0.4, -0.2) is 40.7 Å². The van der Waals surface area contributed by atoms with Crippen molar-refractivity contribution in [1.29, 1.82) is 0 Å². The number of aromatic nitrogens is 2. The minimum absolute atomic E-state index is 0.0797. The van der Waals surface area contributed by atoms with Gasteiger partial charge in [-0.2, -0.15) is 0 Å². The summed E-state index contributed by atoms with van der Waals surface area (Å²) >= 11 is 2.84. The fourth-order valence-electron chi connectivity index (χ4n) is 2.53. The lowest BCUT2D eigenvalue weighted by Crippen LogP contribution is -2.29. The topological polar surface area (TPSA) is 81.2 Å². The third kappa shape index (κ3) is 5.08. The van der Waals surface area contributed by atoms with Crippen LogP contribution in [0.25, 0.3) is 21.3 Å². The largest absolute Gasteiger partial charge is 0.455 e. The highest BCUT2D eigenvalue weighted by Crippen LogP contribution is 2.37. The molecule has 0 atom stereocenters. The molecule has 1 N–H and O–H groups in total. The first-order chi connectivity index (χ1) is 13.6. The summed E-state index contributed by atoms with van der Waals surface area (Å²) in [5.41, 5.74) is 3.33. The molecule has 6 nitrogen and oxygen atoms in total. The lowest BCUT2D eigenvalue weighted by molar-refractivity contribution is -0.145. The number of esters is 1. The van der Waals surface area contributed by atoms with Gasteiger partial charge < -0.3 is 10.1 Å². The molecule has 1 aromatic carbocycles. The Hall–Kier alpha value is -2.45. The summed E-state index contributed by atoms with van der Waals surface area (Å²) in [6.45, 7) is 4.32. The van der Waals surface area contributed by atoms with Crippen molar-refractivity contribution in [2.45, 2.75) is 25.3 Å². The van der Waals surface area contributed by atoms with Crippen LogP contribution in [0.5, 0.6) is 0 Å². The van der Waals surface area contributed by atoms with Crippen LogP contribution >= 0.6 is 23.1 Å². The number of thiophene rings is 1. The van der Waals surface area contributed by atoms with E-state index >= 15 is 0 Å². The SMILES string of the molecule is CCCNC(=O)COC(=O)CSc1ncnc2scc(-c3ccc(C)cc3)c12. The van der Waals surface area contributed by atoms with Gasteiger partial charge in [0.05, 0.1) is 11.1 Å². The number of thioether (sulfide) groups is 1. The minimum atomic E-state index is -0.449. The Bertz CT molecular complexity index is 970. The quantitative estimate of drug-likeness (QED) is 0.342.